The van der Waals surface area contributed by atoms with Crippen LogP contribution in [0.25, 0.3) is 10.1 Å². The van der Waals surface area contributed by atoms with Crippen molar-refractivity contribution in [3.05, 3.63) is 29.3 Å². The third kappa shape index (κ3) is 1.26. The molecule has 66 valence electrons. The first-order valence-corrected chi connectivity index (χ1v) is 5.08. The highest BCUT2D eigenvalue weighted by Gasteiger charge is 2.09. The quantitative estimate of drug-likeness (QED) is 0.688. The van der Waals surface area contributed by atoms with Crippen molar-refractivity contribution in [3.8, 4) is 12.1 Å². The van der Waals surface area contributed by atoms with Crippen molar-refractivity contribution in [2.45, 2.75) is 4.21 Å². The second-order valence-electron chi connectivity index (χ2n) is 2.72. The van der Waals surface area contributed by atoms with E-state index in [9.17, 15) is 0 Å². The van der Waals surface area contributed by atoms with Gasteiger partial charge in [-0.25, -0.2) is 0 Å². The average molecular weight is 216 g/mol. The lowest BCUT2D eigenvalue weighted by atomic mass is 10.1. The van der Waals surface area contributed by atoms with Gasteiger partial charge in [0.2, 0.25) is 0 Å². The second-order valence-corrected chi connectivity index (χ2v) is 4.52. The molecule has 1 heterocycles. The van der Waals surface area contributed by atoms with Crippen LogP contribution >= 0.6 is 24.0 Å². The monoisotopic (exact) mass is 216 g/mol. The molecule has 2 rings (SSSR count). The minimum absolute atomic E-state index is 0.561. The van der Waals surface area contributed by atoms with Gasteiger partial charge in [0.1, 0.15) is 6.07 Å². The molecule has 0 bridgehead atoms. The predicted octanol–water partition coefficient (Wildman–Crippen LogP) is 2.93. The Bertz CT molecular complexity index is 584. The number of rotatable bonds is 0. The summed E-state index contributed by atoms with van der Waals surface area (Å²) >= 11 is 5.67. The van der Waals surface area contributed by atoms with Gasteiger partial charge in [-0.05, 0) is 18.2 Å². The Morgan fingerprint density at radius 1 is 1.21 bits per heavy atom. The summed E-state index contributed by atoms with van der Waals surface area (Å²) in [5, 5.41) is 18.4. The molecule has 0 saturated heterocycles. The lowest BCUT2D eigenvalue weighted by molar-refractivity contribution is 1.48. The van der Waals surface area contributed by atoms with Crippen LogP contribution in [-0.2, 0) is 0 Å². The Hall–Kier alpha value is -1.49. The van der Waals surface area contributed by atoms with Gasteiger partial charge in [0.15, 0.2) is 0 Å². The van der Waals surface area contributed by atoms with Crippen LogP contribution in [-0.4, -0.2) is 0 Å². The van der Waals surface area contributed by atoms with Crippen molar-refractivity contribution in [1.29, 1.82) is 10.5 Å². The Morgan fingerprint density at radius 3 is 2.64 bits per heavy atom. The summed E-state index contributed by atoms with van der Waals surface area (Å²) in [5.41, 5.74) is 1.13. The van der Waals surface area contributed by atoms with Crippen LogP contribution in [0.4, 0.5) is 0 Å². The Kier molecular flexibility index (Phi) is 2.17. The van der Waals surface area contributed by atoms with Gasteiger partial charge in [-0.1, -0.05) is 0 Å². The molecule has 0 unspecified atom stereocenters. The van der Waals surface area contributed by atoms with E-state index in [1.54, 1.807) is 12.1 Å². The van der Waals surface area contributed by atoms with Crippen LogP contribution in [0.1, 0.15) is 11.1 Å². The summed E-state index contributed by atoms with van der Waals surface area (Å²) in [6, 6.07) is 9.46. The molecular formula is C10H4N2S2. The zero-order chi connectivity index (χ0) is 10.1. The molecule has 0 atom stereocenters. The molecule has 1 aromatic carbocycles. The molecule has 0 fully saturated rings. The normalized spacial score (nSPS) is 9.64. The van der Waals surface area contributed by atoms with Crippen molar-refractivity contribution in [1.82, 2.24) is 0 Å². The van der Waals surface area contributed by atoms with E-state index in [0.717, 1.165) is 10.1 Å². The highest BCUT2D eigenvalue weighted by molar-refractivity contribution is 7.83. The minimum atomic E-state index is 0.561. The van der Waals surface area contributed by atoms with Gasteiger partial charge < -0.3 is 0 Å². The number of nitrogens with zero attached hydrogens (tertiary/aromatic N) is 2. The number of hydrogen-bond donors (Lipinski definition) is 1. The van der Waals surface area contributed by atoms with Gasteiger partial charge in [0.05, 0.1) is 21.4 Å². The van der Waals surface area contributed by atoms with Crippen molar-refractivity contribution in [3.63, 3.8) is 0 Å². The number of hydrogen-bond acceptors (Lipinski definition) is 4. The van der Waals surface area contributed by atoms with E-state index in [0.29, 0.717) is 15.3 Å². The molecule has 1 aromatic heterocycles. The maximum absolute atomic E-state index is 8.89. The first-order valence-electron chi connectivity index (χ1n) is 3.82. The maximum Gasteiger partial charge on any atom is 0.102 e. The van der Waals surface area contributed by atoms with E-state index in [-0.39, 0.29) is 0 Å². The summed E-state index contributed by atoms with van der Waals surface area (Å²) < 4.78 is 1.70. The topological polar surface area (TPSA) is 47.6 Å². The van der Waals surface area contributed by atoms with E-state index in [1.807, 2.05) is 12.1 Å². The first kappa shape index (κ1) is 9.08. The largest absolute Gasteiger partial charge is 0.192 e. The predicted molar refractivity (Wildman–Crippen MR) is 58.5 cm³/mol. The fraction of sp³-hybridized carbons (Fsp3) is 0. The highest BCUT2D eigenvalue weighted by Crippen LogP contribution is 2.33. The summed E-state index contributed by atoms with van der Waals surface area (Å²) in [6.45, 7) is 0. The second kappa shape index (κ2) is 3.34. The summed E-state index contributed by atoms with van der Waals surface area (Å²) in [5.74, 6) is 0. The van der Waals surface area contributed by atoms with E-state index in [1.165, 1.54) is 11.3 Å². The van der Waals surface area contributed by atoms with Crippen LogP contribution in [0.3, 0.4) is 0 Å². The van der Waals surface area contributed by atoms with Crippen LogP contribution in [0.15, 0.2) is 22.4 Å². The fourth-order valence-electron chi connectivity index (χ4n) is 1.26. The maximum atomic E-state index is 8.89. The molecule has 0 saturated carbocycles. The smallest absolute Gasteiger partial charge is 0.102 e. The number of thiophene rings is 1. The lowest BCUT2D eigenvalue weighted by Crippen LogP contribution is -1.75. The first-order chi connectivity index (χ1) is 6.76. The van der Waals surface area contributed by atoms with E-state index < -0.39 is 0 Å². The number of benzene rings is 1. The number of thiol groups is 1. The van der Waals surface area contributed by atoms with Gasteiger partial charge in [0, 0.05) is 10.1 Å². The molecule has 0 N–H and O–H groups in total. The lowest BCUT2D eigenvalue weighted by Gasteiger charge is -1.90. The van der Waals surface area contributed by atoms with Crippen LogP contribution in [0.5, 0.6) is 0 Å². The van der Waals surface area contributed by atoms with Gasteiger partial charge in [-0.2, -0.15) is 10.5 Å². The Balaban J connectivity index is 2.87. The van der Waals surface area contributed by atoms with Gasteiger partial charge in [0.25, 0.3) is 0 Å². The molecule has 14 heavy (non-hydrogen) atoms. The molecule has 0 spiro atoms. The van der Waals surface area contributed by atoms with Crippen LogP contribution in [0, 0.1) is 22.7 Å². The molecule has 4 heteroatoms. The number of nitriles is 2. The minimum Gasteiger partial charge on any atom is -0.192 e. The number of fused-ring (bicyclic) bond motifs is 1. The molecule has 2 nitrogen and oxygen atoms in total. The van der Waals surface area contributed by atoms with Crippen LogP contribution in [0.2, 0.25) is 0 Å². The zero-order valence-corrected chi connectivity index (χ0v) is 8.69. The standard InChI is InChI=1S/C10H4N2S2/c11-4-6-1-2-9-7(3-6)8(5-12)10(13)14-9/h1-3,13H. The van der Waals surface area contributed by atoms with Gasteiger partial charge in [-0.3, -0.25) is 0 Å². The molecule has 0 amide bonds. The summed E-state index contributed by atoms with van der Waals surface area (Å²) in [6.07, 6.45) is 0. The summed E-state index contributed by atoms with van der Waals surface area (Å²) in [4.78, 5) is 0. The van der Waals surface area contributed by atoms with E-state index in [2.05, 4.69) is 18.7 Å². The van der Waals surface area contributed by atoms with Crippen molar-refractivity contribution in [2.75, 3.05) is 0 Å². The van der Waals surface area contributed by atoms with E-state index >= 15 is 0 Å². The molecule has 0 aliphatic rings. The molecule has 0 aliphatic carbocycles. The third-order valence-electron chi connectivity index (χ3n) is 1.91. The Labute approximate surface area is 90.4 Å². The van der Waals surface area contributed by atoms with Gasteiger partial charge >= 0.3 is 0 Å². The fourth-order valence-corrected chi connectivity index (χ4v) is 2.60. The average Bonchev–Trinajstić information content (AvgIpc) is 2.52. The van der Waals surface area contributed by atoms with Gasteiger partial charge in [-0.15, -0.1) is 24.0 Å². The van der Waals surface area contributed by atoms with Crippen molar-refractivity contribution >= 4 is 34.1 Å². The molecule has 0 aliphatic heterocycles. The van der Waals surface area contributed by atoms with Crippen LogP contribution < -0.4 is 0 Å². The third-order valence-corrected chi connectivity index (χ3v) is 3.38. The van der Waals surface area contributed by atoms with Crippen molar-refractivity contribution < 1.29 is 0 Å². The SMILES string of the molecule is N#Cc1ccc2sc(S)c(C#N)c2c1. The molecule has 2 aromatic rings. The highest BCUT2D eigenvalue weighted by atomic mass is 32.2. The van der Waals surface area contributed by atoms with Crippen molar-refractivity contribution in [2.24, 2.45) is 0 Å². The molecular weight excluding hydrogens is 212 g/mol. The molecule has 0 radical (unpaired) electrons. The Morgan fingerprint density at radius 2 is 2.00 bits per heavy atom. The summed E-state index contributed by atoms with van der Waals surface area (Å²) in [7, 11) is 0. The zero-order valence-electron chi connectivity index (χ0n) is 6.98. The van der Waals surface area contributed by atoms with E-state index in [4.69, 9.17) is 10.5 Å².